The number of nitrogens with one attached hydrogen (secondary N) is 1. The maximum atomic E-state index is 12.4. The van der Waals surface area contributed by atoms with Crippen molar-refractivity contribution in [1.29, 1.82) is 0 Å². The van der Waals surface area contributed by atoms with E-state index in [0.717, 1.165) is 12.8 Å². The number of oxazole rings is 1. The second kappa shape index (κ2) is 4.40. The third kappa shape index (κ3) is 2.20. The van der Waals surface area contributed by atoms with Crippen molar-refractivity contribution in [2.24, 2.45) is 0 Å². The van der Waals surface area contributed by atoms with Gasteiger partial charge in [-0.25, -0.2) is 18.1 Å². The lowest BCUT2D eigenvalue weighted by atomic mass is 10.2. The average molecular weight is 319 g/mol. The van der Waals surface area contributed by atoms with Gasteiger partial charge in [-0.1, -0.05) is 5.16 Å². The Kier molecular flexibility index (Phi) is 2.70. The standard InChI is InChI=1S/C14H13N3O4S/c1-14(4-5-14)17-22(18,19)9-2-3-11-10(8-9)12(16-21-11)13-15-6-7-20-13/h2-3,6-8,17H,4-5H2,1H3. The molecule has 8 heteroatoms. The molecule has 0 amide bonds. The maximum absolute atomic E-state index is 12.4. The van der Waals surface area contributed by atoms with Crippen LogP contribution in [0.25, 0.3) is 22.6 Å². The van der Waals surface area contributed by atoms with Crippen LogP contribution in [0, 0.1) is 0 Å². The van der Waals surface area contributed by atoms with Crippen LogP contribution in [0.1, 0.15) is 19.8 Å². The molecule has 22 heavy (non-hydrogen) atoms. The predicted octanol–water partition coefficient (Wildman–Crippen LogP) is 2.31. The van der Waals surface area contributed by atoms with Gasteiger partial charge in [0.15, 0.2) is 11.3 Å². The molecule has 0 atom stereocenters. The van der Waals surface area contributed by atoms with E-state index in [9.17, 15) is 8.42 Å². The predicted molar refractivity (Wildman–Crippen MR) is 77.5 cm³/mol. The molecule has 1 saturated carbocycles. The molecule has 1 aliphatic rings. The van der Waals surface area contributed by atoms with Gasteiger partial charge in [-0.2, -0.15) is 0 Å². The van der Waals surface area contributed by atoms with Crippen LogP contribution >= 0.6 is 0 Å². The Balaban J connectivity index is 1.81. The van der Waals surface area contributed by atoms with Gasteiger partial charge in [0.1, 0.15) is 6.26 Å². The maximum Gasteiger partial charge on any atom is 0.249 e. The molecule has 0 spiro atoms. The molecule has 2 aromatic heterocycles. The minimum atomic E-state index is -3.58. The lowest BCUT2D eigenvalue weighted by Crippen LogP contribution is -2.34. The van der Waals surface area contributed by atoms with E-state index < -0.39 is 10.0 Å². The first kappa shape index (κ1) is 13.5. The average Bonchev–Trinajstić information content (AvgIpc) is 2.94. The summed E-state index contributed by atoms with van der Waals surface area (Å²) >= 11 is 0. The molecule has 1 aromatic carbocycles. The Hall–Kier alpha value is -2.19. The molecule has 0 bridgehead atoms. The van der Waals surface area contributed by atoms with E-state index in [0.29, 0.717) is 16.7 Å². The highest BCUT2D eigenvalue weighted by atomic mass is 32.2. The van der Waals surface area contributed by atoms with Crippen LogP contribution in [-0.2, 0) is 10.0 Å². The van der Waals surface area contributed by atoms with Gasteiger partial charge in [-0.3, -0.25) is 0 Å². The van der Waals surface area contributed by atoms with Crippen molar-refractivity contribution in [1.82, 2.24) is 14.9 Å². The van der Waals surface area contributed by atoms with Crippen LogP contribution in [-0.4, -0.2) is 24.1 Å². The molecular weight excluding hydrogens is 306 g/mol. The summed E-state index contributed by atoms with van der Waals surface area (Å²) in [6, 6.07) is 4.61. The summed E-state index contributed by atoms with van der Waals surface area (Å²) in [7, 11) is -3.58. The Morgan fingerprint density at radius 3 is 2.82 bits per heavy atom. The molecule has 1 N–H and O–H groups in total. The number of sulfonamides is 1. The van der Waals surface area contributed by atoms with E-state index in [-0.39, 0.29) is 16.3 Å². The van der Waals surface area contributed by atoms with Crippen molar-refractivity contribution in [3.63, 3.8) is 0 Å². The SMILES string of the molecule is CC1(NS(=O)(=O)c2ccc3onc(-c4ncco4)c3c2)CC1. The highest BCUT2D eigenvalue weighted by Crippen LogP contribution is 2.36. The van der Waals surface area contributed by atoms with E-state index in [2.05, 4.69) is 14.9 Å². The second-order valence-corrected chi connectivity index (χ2v) is 7.37. The molecule has 1 fully saturated rings. The molecule has 3 aromatic rings. The summed E-state index contributed by atoms with van der Waals surface area (Å²) in [6.45, 7) is 1.89. The number of benzene rings is 1. The van der Waals surface area contributed by atoms with E-state index in [1.54, 1.807) is 6.07 Å². The minimum Gasteiger partial charge on any atom is -0.443 e. The largest absolute Gasteiger partial charge is 0.443 e. The Bertz CT molecular complexity index is 940. The van der Waals surface area contributed by atoms with Crippen molar-refractivity contribution in [2.45, 2.75) is 30.2 Å². The molecule has 0 radical (unpaired) electrons. The summed E-state index contributed by atoms with van der Waals surface area (Å²) in [5.41, 5.74) is 0.535. The summed E-state index contributed by atoms with van der Waals surface area (Å²) < 4.78 is 38.0. The van der Waals surface area contributed by atoms with Crippen LogP contribution in [0.15, 0.2) is 44.5 Å². The zero-order chi connectivity index (χ0) is 15.4. The van der Waals surface area contributed by atoms with Crippen LogP contribution < -0.4 is 4.72 Å². The Morgan fingerprint density at radius 1 is 1.32 bits per heavy atom. The molecule has 1 aliphatic carbocycles. The topological polar surface area (TPSA) is 98.2 Å². The molecule has 2 heterocycles. The summed E-state index contributed by atoms with van der Waals surface area (Å²) in [5, 5.41) is 4.45. The summed E-state index contributed by atoms with van der Waals surface area (Å²) in [4.78, 5) is 4.19. The van der Waals surface area contributed by atoms with Crippen LogP contribution in [0.5, 0.6) is 0 Å². The highest BCUT2D eigenvalue weighted by Gasteiger charge is 2.41. The zero-order valence-electron chi connectivity index (χ0n) is 11.7. The second-order valence-electron chi connectivity index (χ2n) is 5.69. The smallest absolute Gasteiger partial charge is 0.249 e. The van der Waals surface area contributed by atoms with Gasteiger partial charge in [0, 0.05) is 5.54 Å². The number of rotatable bonds is 4. The van der Waals surface area contributed by atoms with Crippen molar-refractivity contribution in [3.8, 4) is 11.6 Å². The number of hydrogen-bond acceptors (Lipinski definition) is 6. The van der Waals surface area contributed by atoms with Gasteiger partial charge < -0.3 is 8.94 Å². The number of nitrogens with zero attached hydrogens (tertiary/aromatic N) is 2. The fourth-order valence-corrected chi connectivity index (χ4v) is 3.74. The third-order valence-corrected chi connectivity index (χ3v) is 5.40. The number of aromatic nitrogens is 2. The van der Waals surface area contributed by atoms with Gasteiger partial charge in [0.25, 0.3) is 0 Å². The summed E-state index contributed by atoms with van der Waals surface area (Å²) in [5.74, 6) is 0.287. The van der Waals surface area contributed by atoms with Gasteiger partial charge in [0.2, 0.25) is 15.9 Å². The van der Waals surface area contributed by atoms with E-state index in [4.69, 9.17) is 8.94 Å². The molecule has 0 aliphatic heterocycles. The van der Waals surface area contributed by atoms with E-state index in [1.807, 2.05) is 6.92 Å². The first-order valence-electron chi connectivity index (χ1n) is 6.80. The first-order valence-corrected chi connectivity index (χ1v) is 8.29. The first-order chi connectivity index (χ1) is 10.5. The summed E-state index contributed by atoms with van der Waals surface area (Å²) in [6.07, 6.45) is 4.62. The van der Waals surface area contributed by atoms with Crippen molar-refractivity contribution in [3.05, 3.63) is 30.7 Å². The highest BCUT2D eigenvalue weighted by molar-refractivity contribution is 7.89. The Morgan fingerprint density at radius 2 is 2.14 bits per heavy atom. The molecule has 0 saturated heterocycles. The quantitative estimate of drug-likeness (QED) is 0.792. The third-order valence-electron chi connectivity index (χ3n) is 3.77. The number of fused-ring (bicyclic) bond motifs is 1. The molecule has 7 nitrogen and oxygen atoms in total. The molecule has 4 rings (SSSR count). The fourth-order valence-electron chi connectivity index (χ4n) is 2.25. The number of hydrogen-bond donors (Lipinski definition) is 1. The van der Waals surface area contributed by atoms with Gasteiger partial charge in [-0.05, 0) is 38.0 Å². The van der Waals surface area contributed by atoms with Gasteiger partial charge in [0.05, 0.1) is 16.5 Å². The van der Waals surface area contributed by atoms with Crippen LogP contribution in [0.3, 0.4) is 0 Å². The lowest BCUT2D eigenvalue weighted by molar-refractivity contribution is 0.453. The zero-order valence-corrected chi connectivity index (χ0v) is 12.6. The van der Waals surface area contributed by atoms with Crippen LogP contribution in [0.2, 0.25) is 0 Å². The molecule has 0 unspecified atom stereocenters. The van der Waals surface area contributed by atoms with Crippen molar-refractivity contribution < 1.29 is 17.4 Å². The Labute approximate surface area is 126 Å². The van der Waals surface area contributed by atoms with Crippen LogP contribution in [0.4, 0.5) is 0 Å². The molecule has 114 valence electrons. The monoisotopic (exact) mass is 319 g/mol. The van der Waals surface area contributed by atoms with E-state index in [1.165, 1.54) is 24.6 Å². The molecular formula is C14H13N3O4S. The van der Waals surface area contributed by atoms with Crippen molar-refractivity contribution in [2.75, 3.05) is 0 Å². The normalized spacial score (nSPS) is 17.0. The minimum absolute atomic E-state index is 0.170. The fraction of sp³-hybridized carbons (Fsp3) is 0.286. The van der Waals surface area contributed by atoms with E-state index >= 15 is 0 Å². The van der Waals surface area contributed by atoms with Crippen molar-refractivity contribution >= 4 is 21.0 Å². The lowest BCUT2D eigenvalue weighted by Gasteiger charge is -2.11. The van der Waals surface area contributed by atoms with Gasteiger partial charge in [-0.15, -0.1) is 0 Å². The van der Waals surface area contributed by atoms with Gasteiger partial charge >= 0.3 is 0 Å².